The third-order valence-electron chi connectivity index (χ3n) is 5.27. The van der Waals surface area contributed by atoms with Crippen molar-refractivity contribution in [3.63, 3.8) is 0 Å². The molecular weight excluding hydrogens is 376 g/mol. The Kier molecular flexibility index (Phi) is 4.06. The normalized spacial score (nSPS) is 11.3. The first-order valence-electron chi connectivity index (χ1n) is 9.61. The highest BCUT2D eigenvalue weighted by Gasteiger charge is 2.18. The molecule has 0 saturated carbocycles. The number of hydrogen-bond acceptors (Lipinski definition) is 4. The SMILES string of the molecule is Cc1ccc(-c2nn(-c3cccc([N+](=O)[O-])c3)c3c2cnc2ccc(C)cc23)cc1. The Morgan fingerprint density at radius 2 is 1.67 bits per heavy atom. The fraction of sp³-hybridized carbons (Fsp3) is 0.0833. The summed E-state index contributed by atoms with van der Waals surface area (Å²) in [7, 11) is 0. The molecule has 30 heavy (non-hydrogen) atoms. The van der Waals surface area contributed by atoms with Gasteiger partial charge in [-0.15, -0.1) is 0 Å². The molecule has 0 saturated heterocycles. The van der Waals surface area contributed by atoms with E-state index in [2.05, 4.69) is 11.1 Å². The summed E-state index contributed by atoms with van der Waals surface area (Å²) in [5, 5.41) is 18.1. The number of nitro benzene ring substituents is 1. The molecule has 6 heteroatoms. The van der Waals surface area contributed by atoms with Gasteiger partial charge in [0, 0.05) is 34.7 Å². The van der Waals surface area contributed by atoms with Crippen LogP contribution in [0.4, 0.5) is 5.69 Å². The predicted molar refractivity (Wildman–Crippen MR) is 118 cm³/mol. The van der Waals surface area contributed by atoms with Gasteiger partial charge in [-0.3, -0.25) is 15.1 Å². The molecule has 5 rings (SSSR count). The van der Waals surface area contributed by atoms with Crippen LogP contribution in [0.25, 0.3) is 38.8 Å². The number of aromatic nitrogens is 3. The zero-order valence-corrected chi connectivity index (χ0v) is 16.5. The van der Waals surface area contributed by atoms with Crippen LogP contribution in [0, 0.1) is 24.0 Å². The topological polar surface area (TPSA) is 73.8 Å². The van der Waals surface area contributed by atoms with Crippen molar-refractivity contribution in [1.29, 1.82) is 0 Å². The highest BCUT2D eigenvalue weighted by atomic mass is 16.6. The van der Waals surface area contributed by atoms with E-state index in [0.717, 1.165) is 38.6 Å². The largest absolute Gasteiger partial charge is 0.271 e. The maximum atomic E-state index is 11.3. The molecule has 2 heterocycles. The second-order valence-electron chi connectivity index (χ2n) is 7.44. The molecule has 0 radical (unpaired) electrons. The summed E-state index contributed by atoms with van der Waals surface area (Å²) >= 11 is 0. The summed E-state index contributed by atoms with van der Waals surface area (Å²) in [6.45, 7) is 4.08. The van der Waals surface area contributed by atoms with Crippen LogP contribution < -0.4 is 0 Å². The van der Waals surface area contributed by atoms with Gasteiger partial charge in [0.25, 0.3) is 5.69 Å². The Labute approximate surface area is 172 Å². The van der Waals surface area contributed by atoms with Gasteiger partial charge < -0.3 is 0 Å². The second kappa shape index (κ2) is 6.77. The number of fused-ring (bicyclic) bond motifs is 3. The molecule has 146 valence electrons. The summed E-state index contributed by atoms with van der Waals surface area (Å²) in [6, 6.07) is 20.8. The molecule has 6 nitrogen and oxygen atoms in total. The third kappa shape index (κ3) is 2.90. The van der Waals surface area contributed by atoms with E-state index in [-0.39, 0.29) is 10.6 Å². The molecule has 0 amide bonds. The number of non-ortho nitro benzene ring substituents is 1. The zero-order chi connectivity index (χ0) is 20.8. The smallest absolute Gasteiger partial charge is 0.258 e. The number of nitro groups is 1. The molecule has 0 bridgehead atoms. The summed E-state index contributed by atoms with van der Waals surface area (Å²) in [4.78, 5) is 15.6. The molecule has 0 spiro atoms. The van der Waals surface area contributed by atoms with Crippen LogP contribution in [-0.2, 0) is 0 Å². The maximum absolute atomic E-state index is 11.3. The van der Waals surface area contributed by atoms with Crippen LogP contribution in [0.5, 0.6) is 0 Å². The highest BCUT2D eigenvalue weighted by molar-refractivity contribution is 6.09. The fourth-order valence-corrected chi connectivity index (χ4v) is 3.75. The minimum atomic E-state index is -0.389. The fourth-order valence-electron chi connectivity index (χ4n) is 3.75. The molecule has 0 aliphatic rings. The van der Waals surface area contributed by atoms with E-state index < -0.39 is 0 Å². The first-order chi connectivity index (χ1) is 14.5. The summed E-state index contributed by atoms with van der Waals surface area (Å²) in [5.74, 6) is 0. The number of pyridine rings is 1. The van der Waals surface area contributed by atoms with Crippen molar-refractivity contribution in [2.75, 3.05) is 0 Å². The molecular formula is C24H18N4O2. The molecule has 0 atom stereocenters. The first kappa shape index (κ1) is 18.0. The number of rotatable bonds is 3. The van der Waals surface area contributed by atoms with Crippen molar-refractivity contribution in [2.45, 2.75) is 13.8 Å². The van der Waals surface area contributed by atoms with Gasteiger partial charge in [0.05, 0.1) is 21.6 Å². The first-order valence-corrected chi connectivity index (χ1v) is 9.61. The van der Waals surface area contributed by atoms with Crippen LogP contribution in [0.15, 0.2) is 72.9 Å². The average Bonchev–Trinajstić information content (AvgIpc) is 3.14. The van der Waals surface area contributed by atoms with Gasteiger partial charge >= 0.3 is 0 Å². The number of aryl methyl sites for hydroxylation is 2. The van der Waals surface area contributed by atoms with E-state index >= 15 is 0 Å². The Morgan fingerprint density at radius 3 is 2.43 bits per heavy atom. The van der Waals surface area contributed by atoms with E-state index in [1.54, 1.807) is 16.8 Å². The van der Waals surface area contributed by atoms with Gasteiger partial charge in [-0.1, -0.05) is 47.5 Å². The highest BCUT2D eigenvalue weighted by Crippen LogP contribution is 2.34. The van der Waals surface area contributed by atoms with Crippen molar-refractivity contribution in [1.82, 2.24) is 14.8 Å². The monoisotopic (exact) mass is 394 g/mol. The lowest BCUT2D eigenvalue weighted by Gasteiger charge is -2.06. The molecule has 0 N–H and O–H groups in total. The van der Waals surface area contributed by atoms with Crippen molar-refractivity contribution in [3.05, 3.63) is 94.2 Å². The molecule has 3 aromatic carbocycles. The van der Waals surface area contributed by atoms with E-state index in [4.69, 9.17) is 5.10 Å². The van der Waals surface area contributed by atoms with Gasteiger partial charge in [0.1, 0.15) is 5.69 Å². The van der Waals surface area contributed by atoms with Crippen molar-refractivity contribution in [3.8, 4) is 16.9 Å². The van der Waals surface area contributed by atoms with Gasteiger partial charge in [-0.05, 0) is 32.0 Å². The van der Waals surface area contributed by atoms with Gasteiger partial charge in [-0.2, -0.15) is 5.10 Å². The molecule has 0 unspecified atom stereocenters. The van der Waals surface area contributed by atoms with Gasteiger partial charge in [0.15, 0.2) is 0 Å². The van der Waals surface area contributed by atoms with Crippen LogP contribution in [0.3, 0.4) is 0 Å². The number of nitrogens with zero attached hydrogens (tertiary/aromatic N) is 4. The maximum Gasteiger partial charge on any atom is 0.271 e. The summed E-state index contributed by atoms with van der Waals surface area (Å²) in [5.41, 5.74) is 6.47. The van der Waals surface area contributed by atoms with Gasteiger partial charge in [-0.25, -0.2) is 4.68 Å². The van der Waals surface area contributed by atoms with Crippen molar-refractivity contribution in [2.24, 2.45) is 0 Å². The van der Waals surface area contributed by atoms with E-state index in [1.165, 1.54) is 11.6 Å². The predicted octanol–water partition coefficient (Wildman–Crippen LogP) is 5.77. The Bertz CT molecular complexity index is 1440. The summed E-state index contributed by atoms with van der Waals surface area (Å²) in [6.07, 6.45) is 1.84. The number of hydrogen-bond donors (Lipinski definition) is 0. The van der Waals surface area contributed by atoms with Gasteiger partial charge in [0.2, 0.25) is 0 Å². The van der Waals surface area contributed by atoms with Crippen molar-refractivity contribution < 1.29 is 4.92 Å². The van der Waals surface area contributed by atoms with Crippen LogP contribution in [-0.4, -0.2) is 19.7 Å². The minimum absolute atomic E-state index is 0.0302. The standard InChI is InChI=1S/C24H18N4O2/c1-15-6-9-17(10-7-15)23-21-14-25-22-11-8-16(2)12-20(22)24(21)27(26-23)18-4-3-5-19(13-18)28(29)30/h3-14H,1-2H3. The molecule has 0 fully saturated rings. The minimum Gasteiger partial charge on any atom is -0.258 e. The summed E-state index contributed by atoms with van der Waals surface area (Å²) < 4.78 is 1.79. The Morgan fingerprint density at radius 1 is 0.900 bits per heavy atom. The second-order valence-corrected chi connectivity index (χ2v) is 7.44. The molecule has 0 aliphatic heterocycles. The third-order valence-corrected chi connectivity index (χ3v) is 5.27. The lowest BCUT2D eigenvalue weighted by atomic mass is 10.0. The quantitative estimate of drug-likeness (QED) is 0.288. The molecule has 0 aliphatic carbocycles. The Balaban J connectivity index is 1.89. The Hall–Kier alpha value is -4.06. The van der Waals surface area contributed by atoms with E-state index in [1.807, 2.05) is 62.5 Å². The van der Waals surface area contributed by atoms with E-state index in [0.29, 0.717) is 5.69 Å². The van der Waals surface area contributed by atoms with Crippen molar-refractivity contribution >= 4 is 27.5 Å². The van der Waals surface area contributed by atoms with Crippen LogP contribution in [0.2, 0.25) is 0 Å². The lowest BCUT2D eigenvalue weighted by Crippen LogP contribution is -1.99. The van der Waals surface area contributed by atoms with Crippen LogP contribution in [0.1, 0.15) is 11.1 Å². The number of benzene rings is 3. The molecule has 2 aromatic heterocycles. The lowest BCUT2D eigenvalue weighted by molar-refractivity contribution is -0.384. The molecule has 5 aromatic rings. The van der Waals surface area contributed by atoms with Crippen LogP contribution >= 0.6 is 0 Å². The zero-order valence-electron chi connectivity index (χ0n) is 16.5. The van der Waals surface area contributed by atoms with E-state index in [9.17, 15) is 10.1 Å². The average molecular weight is 394 g/mol.